The van der Waals surface area contributed by atoms with Gasteiger partial charge in [0.15, 0.2) is 0 Å². The van der Waals surface area contributed by atoms with Gasteiger partial charge in [-0.3, -0.25) is 4.18 Å². The lowest BCUT2D eigenvalue weighted by Gasteiger charge is -2.12. The van der Waals surface area contributed by atoms with Crippen molar-refractivity contribution in [1.29, 1.82) is 0 Å². The SMILES string of the molecule is Cc1ccc(S(=O)(=O)OC[C@@H]2CC[C@H](CBr)O2)cc1. The lowest BCUT2D eigenvalue weighted by atomic mass is 10.2. The fourth-order valence-corrected chi connectivity index (χ4v) is 3.37. The zero-order valence-corrected chi connectivity index (χ0v) is 13.1. The van der Waals surface area contributed by atoms with Gasteiger partial charge in [-0.25, -0.2) is 0 Å². The third kappa shape index (κ3) is 4.02. The zero-order valence-electron chi connectivity index (χ0n) is 10.7. The van der Waals surface area contributed by atoms with Crippen LogP contribution in [0.3, 0.4) is 0 Å². The topological polar surface area (TPSA) is 52.6 Å². The quantitative estimate of drug-likeness (QED) is 0.606. The molecule has 0 bridgehead atoms. The van der Waals surface area contributed by atoms with Gasteiger partial charge in [-0.05, 0) is 31.9 Å². The minimum Gasteiger partial charge on any atom is -0.372 e. The predicted octanol–water partition coefficient (Wildman–Crippen LogP) is 2.64. The Morgan fingerprint density at radius 2 is 1.89 bits per heavy atom. The molecule has 0 amide bonds. The Morgan fingerprint density at radius 1 is 1.26 bits per heavy atom. The summed E-state index contributed by atoms with van der Waals surface area (Å²) in [7, 11) is -3.68. The van der Waals surface area contributed by atoms with Crippen LogP contribution in [0.2, 0.25) is 0 Å². The fraction of sp³-hybridized carbons (Fsp3) is 0.538. The number of hydrogen-bond acceptors (Lipinski definition) is 4. The van der Waals surface area contributed by atoms with Crippen LogP contribution in [0, 0.1) is 6.92 Å². The highest BCUT2D eigenvalue weighted by atomic mass is 79.9. The molecule has 19 heavy (non-hydrogen) atoms. The van der Waals surface area contributed by atoms with Gasteiger partial charge in [0, 0.05) is 5.33 Å². The molecule has 0 unspecified atom stereocenters. The van der Waals surface area contributed by atoms with Gasteiger partial charge in [0.1, 0.15) is 0 Å². The van der Waals surface area contributed by atoms with Crippen molar-refractivity contribution < 1.29 is 17.3 Å². The summed E-state index contributed by atoms with van der Waals surface area (Å²) in [6.45, 7) is 1.99. The van der Waals surface area contributed by atoms with E-state index in [2.05, 4.69) is 15.9 Å². The summed E-state index contributed by atoms with van der Waals surface area (Å²) in [5.74, 6) is 0. The van der Waals surface area contributed by atoms with Crippen LogP contribution in [-0.2, 0) is 19.0 Å². The summed E-state index contributed by atoms with van der Waals surface area (Å²) < 4.78 is 34.6. The molecule has 0 radical (unpaired) electrons. The van der Waals surface area contributed by atoms with Crippen LogP contribution in [-0.4, -0.2) is 32.6 Å². The van der Waals surface area contributed by atoms with E-state index in [1.807, 2.05) is 6.92 Å². The largest absolute Gasteiger partial charge is 0.372 e. The Hall–Kier alpha value is -0.430. The van der Waals surface area contributed by atoms with Gasteiger partial charge < -0.3 is 4.74 Å². The number of rotatable bonds is 5. The van der Waals surface area contributed by atoms with E-state index in [1.54, 1.807) is 24.3 Å². The molecular weight excluding hydrogens is 332 g/mol. The number of benzene rings is 1. The highest BCUT2D eigenvalue weighted by Crippen LogP contribution is 2.22. The van der Waals surface area contributed by atoms with E-state index in [1.165, 1.54) is 0 Å². The number of hydrogen-bond donors (Lipinski definition) is 0. The maximum absolute atomic E-state index is 12.0. The van der Waals surface area contributed by atoms with Crippen molar-refractivity contribution in [3.8, 4) is 0 Å². The van der Waals surface area contributed by atoms with Gasteiger partial charge in [0.05, 0.1) is 23.7 Å². The maximum atomic E-state index is 12.0. The standard InChI is InChI=1S/C13H17BrO4S/c1-10-2-6-13(7-3-10)19(15,16)17-9-12-5-4-11(8-14)18-12/h2-3,6-7,11-12H,4-5,8-9H2,1H3/t11-,12+/m1/s1. The van der Waals surface area contributed by atoms with E-state index >= 15 is 0 Å². The van der Waals surface area contributed by atoms with Gasteiger partial charge in [0.2, 0.25) is 0 Å². The van der Waals surface area contributed by atoms with Crippen LogP contribution in [0.1, 0.15) is 18.4 Å². The first-order valence-electron chi connectivity index (χ1n) is 6.19. The van der Waals surface area contributed by atoms with E-state index in [0.29, 0.717) is 0 Å². The van der Waals surface area contributed by atoms with Gasteiger partial charge >= 0.3 is 0 Å². The van der Waals surface area contributed by atoms with Gasteiger partial charge in [-0.2, -0.15) is 8.42 Å². The molecule has 1 aliphatic heterocycles. The van der Waals surface area contributed by atoms with Crippen LogP contribution in [0.4, 0.5) is 0 Å². The van der Waals surface area contributed by atoms with Gasteiger partial charge in [-0.15, -0.1) is 0 Å². The Kier molecular flexibility index (Phi) is 5.00. The molecule has 1 aromatic carbocycles. The van der Waals surface area contributed by atoms with Crippen molar-refractivity contribution in [2.24, 2.45) is 0 Å². The van der Waals surface area contributed by atoms with Crippen molar-refractivity contribution in [3.63, 3.8) is 0 Å². The van der Waals surface area contributed by atoms with Gasteiger partial charge in [0.25, 0.3) is 10.1 Å². The molecule has 2 rings (SSSR count). The fourth-order valence-electron chi connectivity index (χ4n) is 1.95. The first kappa shape index (κ1) is 15.0. The summed E-state index contributed by atoms with van der Waals surface area (Å²) in [6, 6.07) is 6.62. The van der Waals surface area contributed by atoms with E-state index in [9.17, 15) is 8.42 Å². The molecule has 106 valence electrons. The summed E-state index contributed by atoms with van der Waals surface area (Å²) in [5, 5.41) is 0.772. The molecular formula is C13H17BrO4S. The summed E-state index contributed by atoms with van der Waals surface area (Å²) in [6.07, 6.45) is 1.79. The van der Waals surface area contributed by atoms with Crippen LogP contribution >= 0.6 is 15.9 Å². The van der Waals surface area contributed by atoms with Crippen molar-refractivity contribution in [2.45, 2.75) is 36.9 Å². The molecule has 1 heterocycles. The second kappa shape index (κ2) is 6.35. The highest BCUT2D eigenvalue weighted by Gasteiger charge is 2.26. The minimum absolute atomic E-state index is 0.0830. The lowest BCUT2D eigenvalue weighted by molar-refractivity contribution is 0.0305. The molecule has 0 saturated carbocycles. The highest BCUT2D eigenvalue weighted by molar-refractivity contribution is 9.09. The van der Waals surface area contributed by atoms with E-state index < -0.39 is 10.1 Å². The third-order valence-electron chi connectivity index (χ3n) is 3.09. The van der Waals surface area contributed by atoms with Crippen LogP contribution in [0.25, 0.3) is 0 Å². The Bertz CT molecular complexity index is 512. The Labute approximate surface area is 122 Å². The monoisotopic (exact) mass is 348 g/mol. The van der Waals surface area contributed by atoms with Crippen molar-refractivity contribution in [2.75, 3.05) is 11.9 Å². The number of halogens is 1. The number of aryl methyl sites for hydroxylation is 1. The van der Waals surface area contributed by atoms with E-state index in [0.717, 1.165) is 23.7 Å². The van der Waals surface area contributed by atoms with Crippen molar-refractivity contribution in [3.05, 3.63) is 29.8 Å². The predicted molar refractivity (Wildman–Crippen MR) is 76.0 cm³/mol. The lowest BCUT2D eigenvalue weighted by Crippen LogP contribution is -2.20. The van der Waals surface area contributed by atoms with Crippen molar-refractivity contribution >= 4 is 26.0 Å². The summed E-state index contributed by atoms with van der Waals surface area (Å²) >= 11 is 3.35. The van der Waals surface area contributed by atoms with E-state index in [-0.39, 0.29) is 23.7 Å². The molecule has 0 spiro atoms. The normalized spacial score (nSPS) is 23.7. The maximum Gasteiger partial charge on any atom is 0.297 e. The van der Waals surface area contributed by atoms with Crippen LogP contribution in [0.5, 0.6) is 0 Å². The number of alkyl halides is 1. The molecule has 0 aromatic heterocycles. The molecule has 1 aromatic rings. The molecule has 6 heteroatoms. The molecule has 1 saturated heterocycles. The molecule has 0 aliphatic carbocycles. The average Bonchev–Trinajstić information content (AvgIpc) is 2.85. The first-order chi connectivity index (χ1) is 9.01. The van der Waals surface area contributed by atoms with E-state index in [4.69, 9.17) is 8.92 Å². The molecule has 4 nitrogen and oxygen atoms in total. The smallest absolute Gasteiger partial charge is 0.297 e. The molecule has 0 N–H and O–H groups in total. The second-order valence-electron chi connectivity index (χ2n) is 4.66. The van der Waals surface area contributed by atoms with Gasteiger partial charge in [-0.1, -0.05) is 33.6 Å². The minimum atomic E-state index is -3.68. The first-order valence-corrected chi connectivity index (χ1v) is 8.72. The second-order valence-corrected chi connectivity index (χ2v) is 6.93. The molecule has 1 aliphatic rings. The summed E-state index contributed by atoms with van der Waals surface area (Å²) in [5.41, 5.74) is 1.01. The average molecular weight is 349 g/mol. The molecule has 1 fully saturated rings. The van der Waals surface area contributed by atoms with Crippen LogP contribution in [0.15, 0.2) is 29.2 Å². The Balaban J connectivity index is 1.93. The molecule has 2 atom stereocenters. The summed E-state index contributed by atoms with van der Waals surface area (Å²) in [4.78, 5) is 0.188. The zero-order chi connectivity index (χ0) is 13.9. The third-order valence-corrected chi connectivity index (χ3v) is 5.10. The number of ether oxygens (including phenoxy) is 1. The van der Waals surface area contributed by atoms with Crippen molar-refractivity contribution in [1.82, 2.24) is 0 Å². The Morgan fingerprint density at radius 3 is 2.47 bits per heavy atom. The van der Waals surface area contributed by atoms with Crippen LogP contribution < -0.4 is 0 Å².